The Hall–Kier alpha value is -6.94. The van der Waals surface area contributed by atoms with Gasteiger partial charge < -0.3 is 45.9 Å². The first-order valence-electron chi connectivity index (χ1n) is 25.7. The molecule has 0 unspecified atom stereocenters. The van der Waals surface area contributed by atoms with E-state index >= 15 is 0 Å². The molecule has 7 N–H and O–H groups in total. The number of anilines is 1. The minimum atomic E-state index is -5.07. The summed E-state index contributed by atoms with van der Waals surface area (Å²) in [5.74, 6) is 4.22. The molecule has 1 aromatic heterocycles. The van der Waals surface area contributed by atoms with Crippen LogP contribution in [0.5, 0.6) is 0 Å². The van der Waals surface area contributed by atoms with E-state index in [0.29, 0.717) is 73.3 Å². The van der Waals surface area contributed by atoms with E-state index in [1.165, 1.54) is 0 Å². The molecule has 6 rings (SSSR count). The Morgan fingerprint density at radius 2 is 1.37 bits per heavy atom. The van der Waals surface area contributed by atoms with Crippen molar-refractivity contribution in [2.75, 3.05) is 52.0 Å². The molecule has 4 amide bonds. The number of hydrazine groups is 1. The van der Waals surface area contributed by atoms with Crippen LogP contribution in [0.1, 0.15) is 82.2 Å². The largest absolute Gasteiger partial charge is 0.453 e. The minimum Gasteiger partial charge on any atom is -0.453 e. The van der Waals surface area contributed by atoms with E-state index in [1.54, 1.807) is 67.0 Å². The van der Waals surface area contributed by atoms with Crippen molar-refractivity contribution >= 4 is 41.7 Å². The molecule has 79 heavy (non-hydrogen) atoms. The number of aliphatic hydroxyl groups excluding tert-OH is 1. The summed E-state index contributed by atoms with van der Waals surface area (Å²) >= 11 is 0. The number of aliphatic imine (C=N–C) groups is 1. The summed E-state index contributed by atoms with van der Waals surface area (Å²) in [4.78, 5) is 66.9. The van der Waals surface area contributed by atoms with Crippen molar-refractivity contribution in [2.45, 2.75) is 128 Å². The van der Waals surface area contributed by atoms with E-state index in [0.717, 1.165) is 64.2 Å². The summed E-state index contributed by atoms with van der Waals surface area (Å²) in [5.41, 5.74) is 5.77. The molecule has 3 fully saturated rings. The highest BCUT2D eigenvalue weighted by Crippen LogP contribution is 2.42. The highest BCUT2D eigenvalue weighted by atomic mass is 19.4. The Bertz CT molecular complexity index is 2710. The molecule has 0 spiro atoms. The van der Waals surface area contributed by atoms with Crippen LogP contribution < -0.4 is 32.0 Å². The lowest BCUT2D eigenvalue weighted by molar-refractivity contribution is -0.221. The lowest BCUT2D eigenvalue weighted by atomic mass is 9.82. The van der Waals surface area contributed by atoms with Gasteiger partial charge in [-0.25, -0.2) is 19.6 Å². The second-order valence-electron chi connectivity index (χ2n) is 21.3. The molecule has 2 saturated heterocycles. The lowest BCUT2D eigenvalue weighted by Crippen LogP contribution is -2.63. The van der Waals surface area contributed by atoms with Crippen LogP contribution in [0.4, 0.5) is 41.7 Å². The molecule has 1 saturated carbocycles. The van der Waals surface area contributed by atoms with Gasteiger partial charge in [0.1, 0.15) is 17.9 Å². The van der Waals surface area contributed by atoms with Gasteiger partial charge in [0.15, 0.2) is 0 Å². The number of aliphatic hydroxyl groups is 1. The topological polar surface area (TPSA) is 225 Å². The number of methoxy groups -OCH3 is 2. The number of ether oxygens (including phenoxy) is 3. The monoisotopic (exact) mass is 1110 g/mol. The van der Waals surface area contributed by atoms with Gasteiger partial charge in [-0.05, 0) is 108 Å². The fourth-order valence-electron chi connectivity index (χ4n) is 8.84. The number of rotatable bonds is 20. The number of nitrogens with zero attached hydrogens (tertiary/aromatic N) is 5. The van der Waals surface area contributed by atoms with E-state index < -0.39 is 78.0 Å². The van der Waals surface area contributed by atoms with E-state index in [1.807, 2.05) is 22.8 Å². The second-order valence-corrected chi connectivity index (χ2v) is 21.3. The van der Waals surface area contributed by atoms with Gasteiger partial charge in [0.05, 0.1) is 62.5 Å². The number of allylic oxidation sites excluding steroid dienone is 1. The first-order chi connectivity index (χ1) is 37.1. The molecule has 430 valence electrons. The minimum absolute atomic E-state index is 0.223. The average molecular weight is 1110 g/mol. The molecule has 2 aliphatic heterocycles. The number of piperazine rings is 1. The van der Waals surface area contributed by atoms with Crippen molar-refractivity contribution in [3.8, 4) is 11.8 Å². The van der Waals surface area contributed by atoms with Crippen LogP contribution in [0.25, 0.3) is 5.70 Å². The van der Waals surface area contributed by atoms with Gasteiger partial charge in [0, 0.05) is 67.5 Å². The third-order valence-electron chi connectivity index (χ3n) is 14.5. The van der Waals surface area contributed by atoms with Crippen molar-refractivity contribution in [1.29, 1.82) is 0 Å². The number of amides is 4. The maximum atomic E-state index is 14.6. The fraction of sp³-hybridized carbons (Fsp3) is 0.527. The predicted molar refractivity (Wildman–Crippen MR) is 283 cm³/mol. The highest BCUT2D eigenvalue weighted by Gasteiger charge is 2.57. The maximum Gasteiger partial charge on any atom is 0.407 e. The summed E-state index contributed by atoms with van der Waals surface area (Å²) in [6, 6.07) is 11.8. The zero-order chi connectivity index (χ0) is 58.0. The third kappa shape index (κ3) is 16.1. The molecule has 6 atom stereocenters. The molecule has 0 radical (unpaired) electrons. The van der Waals surface area contributed by atoms with Crippen molar-refractivity contribution in [3.05, 3.63) is 101 Å². The van der Waals surface area contributed by atoms with Crippen molar-refractivity contribution in [1.82, 2.24) is 36.3 Å². The first-order valence-corrected chi connectivity index (χ1v) is 25.7. The van der Waals surface area contributed by atoms with E-state index in [2.05, 4.69) is 60.7 Å². The average Bonchev–Trinajstić information content (AvgIpc) is 4.24. The van der Waals surface area contributed by atoms with Gasteiger partial charge in [0.25, 0.3) is 5.91 Å². The molecular weight excluding hydrogens is 1040 g/mol. The molecular formula is C55H70F6N10O8. The quantitative estimate of drug-likeness (QED) is 0.0338. The number of halogens is 6. The number of carbonyl (C=O) groups is 4. The van der Waals surface area contributed by atoms with Gasteiger partial charge in [-0.15, -0.1) is 0 Å². The van der Waals surface area contributed by atoms with E-state index in [-0.39, 0.29) is 25.0 Å². The number of benzene rings is 2. The van der Waals surface area contributed by atoms with Gasteiger partial charge in [-0.2, -0.15) is 26.3 Å². The Kier molecular flexibility index (Phi) is 20.1. The lowest BCUT2D eigenvalue weighted by Gasteiger charge is -2.49. The number of carbonyl (C=O) groups excluding carboxylic acids is 4. The smallest absolute Gasteiger partial charge is 0.407 e. The van der Waals surface area contributed by atoms with Crippen LogP contribution in [0.2, 0.25) is 0 Å². The van der Waals surface area contributed by atoms with Crippen LogP contribution in [0, 0.1) is 22.7 Å². The van der Waals surface area contributed by atoms with Crippen LogP contribution >= 0.6 is 0 Å². The normalized spacial score (nSPS) is 19.3. The number of nitrogens with two attached hydrogens (primary N) is 1. The van der Waals surface area contributed by atoms with E-state index in [9.17, 15) is 50.6 Å². The highest BCUT2D eigenvalue weighted by molar-refractivity contribution is 5.87. The molecule has 2 aromatic carbocycles. The van der Waals surface area contributed by atoms with Crippen molar-refractivity contribution < 1.29 is 64.8 Å². The SMILES string of the molecule is COC(=O)N[C@H](C(=O)N[C@@H](Cc1ccc(C#Cc2ccc(N3C[C@@H](C)N(C4COC4)C[C@H]3C)nc2)cc1)[C@@H](O)CN(Cc1ccc(C(N)=CC=NC2CC2)cc1)NC(=O)[C@@H](NC(=O)OC)C(C)(C)C(F)(F)F)C(C)(C)C(F)(F)F. The fourth-order valence-corrected chi connectivity index (χ4v) is 8.84. The number of hydrogen-bond acceptors (Lipinski definition) is 14. The summed E-state index contributed by atoms with van der Waals surface area (Å²) in [6.07, 6.45) is -8.11. The number of pyridine rings is 1. The zero-order valence-electron chi connectivity index (χ0n) is 45.4. The molecule has 0 bridgehead atoms. The number of nitrogens with one attached hydrogen (secondary N) is 4. The number of alkyl carbamates (subject to hydrolysis) is 2. The third-order valence-corrected chi connectivity index (χ3v) is 14.5. The predicted octanol–water partition coefficient (Wildman–Crippen LogP) is 5.86. The molecule has 1 aliphatic carbocycles. The Morgan fingerprint density at radius 3 is 1.89 bits per heavy atom. The van der Waals surface area contributed by atoms with Crippen LogP contribution in [0.3, 0.4) is 0 Å². The Balaban J connectivity index is 1.28. The summed E-state index contributed by atoms with van der Waals surface area (Å²) < 4.78 is 102. The zero-order valence-corrected chi connectivity index (χ0v) is 45.4. The summed E-state index contributed by atoms with van der Waals surface area (Å²) in [6.45, 7) is 9.24. The van der Waals surface area contributed by atoms with Gasteiger partial charge in [-0.3, -0.25) is 24.9 Å². The van der Waals surface area contributed by atoms with Crippen molar-refractivity contribution in [3.63, 3.8) is 0 Å². The van der Waals surface area contributed by atoms with Gasteiger partial charge in [0.2, 0.25) is 5.91 Å². The molecule has 3 aromatic rings. The Labute approximate surface area is 455 Å². The van der Waals surface area contributed by atoms with Gasteiger partial charge >= 0.3 is 24.5 Å². The van der Waals surface area contributed by atoms with Crippen molar-refractivity contribution in [2.24, 2.45) is 21.6 Å². The summed E-state index contributed by atoms with van der Waals surface area (Å²) in [7, 11) is 1.78. The molecule has 3 aliphatic rings. The van der Waals surface area contributed by atoms with Crippen LogP contribution in [-0.2, 0) is 36.8 Å². The number of alkyl halides is 6. The van der Waals surface area contributed by atoms with E-state index in [4.69, 9.17) is 15.5 Å². The molecule has 3 heterocycles. The maximum absolute atomic E-state index is 14.6. The van der Waals surface area contributed by atoms with Crippen LogP contribution in [0.15, 0.2) is 77.9 Å². The standard InChI is InChI=1S/C55H70F6N10O8/c1-33-28-71(34(2)27-70(33)41-31-79-32-41)45-22-17-37(26-64-45)14-11-35-9-12-36(13-10-35)25-43(65-48(73)46(66-50(75)77-7)52(3,4)54(56,57)58)44(72)30-69(68-49(74)47(67-51(76)78-8)53(5,6)55(59,60)61)29-38-15-18-39(19-16-38)42(62)23-24-63-40-20-21-40/h9-10,12-13,15-19,22-24,26,33-34,40-41,43-44,46-47,72H,20-21,25,27-32,62H2,1-8H3,(H,65,73)(H,66,75)(H,67,76)(H,68,74)/t33-,34-,43+,44+,46-,47-/m1/s1. The Morgan fingerprint density at radius 1 is 0.810 bits per heavy atom. The summed E-state index contributed by atoms with van der Waals surface area (Å²) in [5, 5.41) is 19.5. The molecule has 18 nitrogen and oxygen atoms in total. The van der Waals surface area contributed by atoms with Crippen LogP contribution in [-0.4, -0.2) is 158 Å². The number of hydrogen-bond donors (Lipinski definition) is 6. The van der Waals surface area contributed by atoms with Gasteiger partial charge in [-0.1, -0.05) is 48.2 Å². The first kappa shape index (κ1) is 61.3. The molecule has 24 heteroatoms. The second kappa shape index (κ2) is 25.9. The number of aromatic nitrogens is 1.